The van der Waals surface area contributed by atoms with Gasteiger partial charge in [0.2, 0.25) is 0 Å². The number of aliphatic imine (C=N–C) groups is 1. The van der Waals surface area contributed by atoms with E-state index in [0.29, 0.717) is 20.8 Å². The van der Waals surface area contributed by atoms with Crippen LogP contribution < -0.4 is 10.6 Å². The molecule has 2 aromatic carbocycles. The molecule has 0 bridgehead atoms. The first-order valence-corrected chi connectivity index (χ1v) is 15.1. The minimum absolute atomic E-state index is 0.0828. The lowest BCUT2D eigenvalue weighted by atomic mass is 9.95. The Kier molecular flexibility index (Phi) is 7.40. The lowest BCUT2D eigenvalue weighted by molar-refractivity contribution is -0.115. The molecule has 0 unspecified atom stereocenters. The summed E-state index contributed by atoms with van der Waals surface area (Å²) < 4.78 is 2.16. The van der Waals surface area contributed by atoms with Crippen molar-refractivity contribution in [1.29, 1.82) is 0 Å². The Morgan fingerprint density at radius 3 is 2.67 bits per heavy atom. The smallest absolute Gasteiger partial charge is 0.264 e. The highest BCUT2D eigenvalue weighted by Gasteiger charge is 2.29. The van der Waals surface area contributed by atoms with Crippen molar-refractivity contribution in [2.45, 2.75) is 39.5 Å². The average molecular weight is 587 g/mol. The largest absolute Gasteiger partial charge is 0.322 e. The van der Waals surface area contributed by atoms with E-state index in [1.807, 2.05) is 62.4 Å². The molecule has 0 radical (unpaired) electrons. The van der Waals surface area contributed by atoms with Crippen molar-refractivity contribution in [1.82, 2.24) is 9.88 Å². The number of hydrogen-bond donors (Lipinski definition) is 2. The monoisotopic (exact) mass is 586 g/mol. The molecule has 4 aromatic rings. The second-order valence-corrected chi connectivity index (χ2v) is 12.4. The molecule has 40 heavy (non-hydrogen) atoms. The van der Waals surface area contributed by atoms with Crippen LogP contribution in [0.5, 0.6) is 0 Å². The van der Waals surface area contributed by atoms with Gasteiger partial charge in [0.25, 0.3) is 11.8 Å². The fourth-order valence-electron chi connectivity index (χ4n) is 5.19. The van der Waals surface area contributed by atoms with Crippen LogP contribution >= 0.6 is 34.7 Å². The number of carbonyl (C=O) groups excluding carboxylic acids is 2. The average Bonchev–Trinajstić information content (AvgIpc) is 3.56. The van der Waals surface area contributed by atoms with Crippen molar-refractivity contribution in [2.24, 2.45) is 4.99 Å². The quantitative estimate of drug-likeness (QED) is 0.234. The summed E-state index contributed by atoms with van der Waals surface area (Å²) >= 11 is 9.09. The lowest BCUT2D eigenvalue weighted by Gasteiger charge is -2.14. The minimum atomic E-state index is -0.190. The maximum Gasteiger partial charge on any atom is 0.264 e. The molecule has 1 aliphatic carbocycles. The summed E-state index contributed by atoms with van der Waals surface area (Å²) in [6.45, 7) is 4.08. The molecular formula is C31H27ClN4O2S2. The molecule has 2 aromatic heterocycles. The molecule has 202 valence electrons. The highest BCUT2D eigenvalue weighted by molar-refractivity contribution is 8.18. The van der Waals surface area contributed by atoms with Crippen molar-refractivity contribution < 1.29 is 9.59 Å². The van der Waals surface area contributed by atoms with E-state index in [9.17, 15) is 9.59 Å². The van der Waals surface area contributed by atoms with E-state index in [2.05, 4.69) is 26.3 Å². The van der Waals surface area contributed by atoms with E-state index >= 15 is 0 Å². The molecule has 3 heterocycles. The number of thioether (sulfide) groups is 1. The third-order valence-corrected chi connectivity index (χ3v) is 9.48. The third-order valence-electron chi connectivity index (χ3n) is 7.06. The van der Waals surface area contributed by atoms with Crippen LogP contribution in [-0.2, 0) is 17.6 Å². The van der Waals surface area contributed by atoms with Gasteiger partial charge in [0.15, 0.2) is 5.17 Å². The van der Waals surface area contributed by atoms with Gasteiger partial charge in [0.05, 0.1) is 16.2 Å². The Morgan fingerprint density at radius 2 is 1.88 bits per heavy atom. The van der Waals surface area contributed by atoms with Crippen molar-refractivity contribution >= 4 is 69.1 Å². The number of aryl methyl sites for hydroxylation is 2. The van der Waals surface area contributed by atoms with Crippen molar-refractivity contribution in [3.8, 4) is 5.00 Å². The number of rotatable bonds is 5. The number of carbonyl (C=O) groups is 2. The van der Waals surface area contributed by atoms with E-state index < -0.39 is 0 Å². The first-order chi connectivity index (χ1) is 19.4. The molecule has 9 heteroatoms. The van der Waals surface area contributed by atoms with Crippen LogP contribution in [0.1, 0.15) is 50.6 Å². The van der Waals surface area contributed by atoms with E-state index in [1.54, 1.807) is 23.5 Å². The summed E-state index contributed by atoms with van der Waals surface area (Å²) in [4.78, 5) is 32.9. The van der Waals surface area contributed by atoms with Gasteiger partial charge >= 0.3 is 0 Å². The Labute approximate surface area is 246 Å². The Morgan fingerprint density at radius 1 is 1.07 bits per heavy atom. The van der Waals surface area contributed by atoms with Gasteiger partial charge in [-0.1, -0.05) is 35.9 Å². The molecule has 1 aliphatic heterocycles. The molecule has 0 saturated carbocycles. The van der Waals surface area contributed by atoms with E-state index in [-0.39, 0.29) is 11.8 Å². The molecule has 2 N–H and O–H groups in total. The molecule has 2 aliphatic rings. The fraction of sp³-hybridized carbons (Fsp3) is 0.194. The molecule has 1 saturated heterocycles. The highest BCUT2D eigenvalue weighted by Crippen LogP contribution is 2.40. The summed E-state index contributed by atoms with van der Waals surface area (Å²) in [7, 11) is 0. The molecule has 0 atom stereocenters. The Bertz CT molecular complexity index is 1700. The van der Waals surface area contributed by atoms with Gasteiger partial charge in [0, 0.05) is 27.0 Å². The van der Waals surface area contributed by atoms with Crippen molar-refractivity contribution in [3.05, 3.63) is 104 Å². The van der Waals surface area contributed by atoms with E-state index in [1.165, 1.54) is 22.2 Å². The van der Waals surface area contributed by atoms with Crippen LogP contribution in [-0.4, -0.2) is 21.5 Å². The van der Waals surface area contributed by atoms with Gasteiger partial charge in [0.1, 0.15) is 5.00 Å². The number of para-hydroxylation sites is 1. The zero-order valence-corrected chi connectivity index (χ0v) is 24.5. The summed E-state index contributed by atoms with van der Waals surface area (Å²) in [6, 6.07) is 18.9. The van der Waals surface area contributed by atoms with Gasteiger partial charge in [-0.3, -0.25) is 9.59 Å². The third kappa shape index (κ3) is 5.27. The summed E-state index contributed by atoms with van der Waals surface area (Å²) in [5, 5.41) is 8.00. The SMILES string of the molecule is Cc1cc(/C=C2\SC(=Nc3cccc(Cl)c3)NC2=O)c(C)n1-c1sc2c(c1C(=O)Nc1ccccc1)CCCC2. The first-order valence-electron chi connectivity index (χ1n) is 13.1. The maximum atomic E-state index is 13.7. The number of halogens is 1. The number of amidine groups is 1. The Balaban J connectivity index is 1.35. The van der Waals surface area contributed by atoms with Crippen LogP contribution in [0.3, 0.4) is 0 Å². The van der Waals surface area contributed by atoms with Crippen LogP contribution in [0.4, 0.5) is 11.4 Å². The number of amides is 2. The highest BCUT2D eigenvalue weighted by atomic mass is 35.5. The van der Waals surface area contributed by atoms with Gasteiger partial charge in [-0.05, 0) is 105 Å². The van der Waals surface area contributed by atoms with Gasteiger partial charge in [-0.2, -0.15) is 0 Å². The minimum Gasteiger partial charge on any atom is -0.322 e. The van der Waals surface area contributed by atoms with Crippen LogP contribution in [0.25, 0.3) is 11.1 Å². The number of fused-ring (bicyclic) bond motifs is 1. The molecule has 0 spiro atoms. The van der Waals surface area contributed by atoms with Crippen LogP contribution in [0, 0.1) is 13.8 Å². The van der Waals surface area contributed by atoms with Crippen molar-refractivity contribution in [3.63, 3.8) is 0 Å². The lowest BCUT2D eigenvalue weighted by Crippen LogP contribution is -2.19. The molecule has 1 fully saturated rings. The Hall–Kier alpha value is -3.59. The number of nitrogens with zero attached hydrogens (tertiary/aromatic N) is 2. The second kappa shape index (κ2) is 11.1. The predicted molar refractivity (Wildman–Crippen MR) is 166 cm³/mol. The zero-order chi connectivity index (χ0) is 27.8. The van der Waals surface area contributed by atoms with Crippen LogP contribution in [0.15, 0.2) is 70.6 Å². The predicted octanol–water partition coefficient (Wildman–Crippen LogP) is 7.83. The topological polar surface area (TPSA) is 75.5 Å². The summed E-state index contributed by atoms with van der Waals surface area (Å²) in [5.74, 6) is -0.273. The normalized spacial score (nSPS) is 16.8. The van der Waals surface area contributed by atoms with Crippen molar-refractivity contribution in [2.75, 3.05) is 5.32 Å². The number of nitrogens with one attached hydrogen (secondary N) is 2. The van der Waals surface area contributed by atoms with Gasteiger partial charge in [-0.25, -0.2) is 4.99 Å². The summed E-state index contributed by atoms with van der Waals surface area (Å²) in [5.41, 5.74) is 6.30. The number of thiophene rings is 1. The van der Waals surface area contributed by atoms with Gasteiger partial charge < -0.3 is 15.2 Å². The number of hydrogen-bond acceptors (Lipinski definition) is 5. The van der Waals surface area contributed by atoms with E-state index in [0.717, 1.165) is 58.9 Å². The summed E-state index contributed by atoms with van der Waals surface area (Å²) in [6.07, 6.45) is 6.02. The molecular weight excluding hydrogens is 560 g/mol. The molecule has 2 amide bonds. The molecule has 6 nitrogen and oxygen atoms in total. The molecule has 6 rings (SSSR count). The second-order valence-electron chi connectivity index (χ2n) is 9.83. The number of aromatic nitrogens is 1. The fourth-order valence-corrected chi connectivity index (χ4v) is 7.70. The number of anilines is 1. The number of benzene rings is 2. The standard InChI is InChI=1S/C31H27ClN4O2S2/c1-18-15-20(16-26-28(37)35-31(40-26)34-23-12-8-9-21(32)17-23)19(2)36(18)30-27(24-13-6-7-14-25(24)39-30)29(38)33-22-10-4-3-5-11-22/h3-5,8-12,15-17H,6-7,13-14H2,1-2H3,(H,33,38)(H,34,35,37)/b26-16-. The van der Waals surface area contributed by atoms with E-state index in [4.69, 9.17) is 11.6 Å². The first kappa shape index (κ1) is 26.6. The zero-order valence-electron chi connectivity index (χ0n) is 22.1. The maximum absolute atomic E-state index is 13.7. The van der Waals surface area contributed by atoms with Crippen LogP contribution in [0.2, 0.25) is 5.02 Å². The van der Waals surface area contributed by atoms with Gasteiger partial charge in [-0.15, -0.1) is 11.3 Å².